The Hall–Kier alpha value is -1.57. The van der Waals surface area contributed by atoms with Gasteiger partial charge in [0.2, 0.25) is 11.8 Å². The number of amidine groups is 1. The quantitative estimate of drug-likeness (QED) is 0.545. The van der Waals surface area contributed by atoms with Crippen LogP contribution >= 0.6 is 11.8 Å². The van der Waals surface area contributed by atoms with Gasteiger partial charge < -0.3 is 9.64 Å². The molecule has 0 spiro atoms. The van der Waals surface area contributed by atoms with Crippen LogP contribution in [-0.4, -0.2) is 70.8 Å². The second-order valence-electron chi connectivity index (χ2n) is 5.96. The Kier molecular flexibility index (Phi) is 3.90. The van der Waals surface area contributed by atoms with Gasteiger partial charge in [0.25, 0.3) is 0 Å². The molecule has 0 unspecified atom stereocenters. The average molecular weight is 339 g/mol. The summed E-state index contributed by atoms with van der Waals surface area (Å²) in [7, 11) is 1.33. The fraction of sp³-hybridized carbons (Fsp3) is 0.733. The molecule has 0 aromatic rings. The summed E-state index contributed by atoms with van der Waals surface area (Å²) in [6.07, 6.45) is 2.28. The van der Waals surface area contributed by atoms with Gasteiger partial charge in [0, 0.05) is 6.54 Å². The predicted molar refractivity (Wildman–Crippen MR) is 85.9 cm³/mol. The molecule has 23 heavy (non-hydrogen) atoms. The number of carbonyl (C=O) groups is 3. The molecule has 3 rings (SSSR count). The van der Waals surface area contributed by atoms with E-state index in [1.165, 1.54) is 23.8 Å². The van der Waals surface area contributed by atoms with Crippen molar-refractivity contribution in [3.8, 4) is 0 Å². The summed E-state index contributed by atoms with van der Waals surface area (Å²) in [5, 5.41) is 0.709. The lowest BCUT2D eigenvalue weighted by Gasteiger charge is -2.39. The maximum atomic E-state index is 12.9. The summed E-state index contributed by atoms with van der Waals surface area (Å²) < 4.78 is 5.06. The molecule has 8 heteroatoms. The molecule has 7 nitrogen and oxygen atoms in total. The van der Waals surface area contributed by atoms with Crippen LogP contribution in [0.25, 0.3) is 0 Å². The molecule has 0 aliphatic carbocycles. The van der Waals surface area contributed by atoms with E-state index in [9.17, 15) is 14.4 Å². The molecular weight excluding hydrogens is 318 g/mol. The summed E-state index contributed by atoms with van der Waals surface area (Å²) in [5.74, 6) is -2.11. The minimum Gasteiger partial charge on any atom is -0.467 e. The number of imide groups is 1. The van der Waals surface area contributed by atoms with E-state index in [1.54, 1.807) is 6.92 Å². The molecule has 0 saturated carbocycles. The Morgan fingerprint density at radius 2 is 2.09 bits per heavy atom. The second kappa shape index (κ2) is 5.51. The van der Waals surface area contributed by atoms with Crippen LogP contribution in [0.3, 0.4) is 0 Å². The van der Waals surface area contributed by atoms with Gasteiger partial charge in [-0.3, -0.25) is 19.5 Å². The summed E-state index contributed by atoms with van der Waals surface area (Å²) >= 11 is 1.43. The number of amides is 2. The minimum atomic E-state index is -1.14. The van der Waals surface area contributed by atoms with E-state index in [4.69, 9.17) is 4.74 Å². The van der Waals surface area contributed by atoms with E-state index in [1.807, 2.05) is 18.1 Å². The number of hydrogen-bond acceptors (Lipinski definition) is 7. The zero-order valence-corrected chi connectivity index (χ0v) is 14.6. The summed E-state index contributed by atoms with van der Waals surface area (Å²) in [5.41, 5.74) is -1.14. The van der Waals surface area contributed by atoms with Gasteiger partial charge in [-0.2, -0.15) is 0 Å². The van der Waals surface area contributed by atoms with Crippen LogP contribution < -0.4 is 0 Å². The molecule has 3 heterocycles. The first-order valence-electron chi connectivity index (χ1n) is 7.80. The Bertz CT molecular complexity index is 608. The normalized spacial score (nSPS) is 35.5. The number of nitrogens with zero attached hydrogens (tertiary/aromatic N) is 3. The highest BCUT2D eigenvalue weighted by atomic mass is 32.2. The third kappa shape index (κ3) is 1.78. The summed E-state index contributed by atoms with van der Waals surface area (Å²) in [6, 6.07) is -0.241. The Morgan fingerprint density at radius 3 is 2.61 bits per heavy atom. The molecule has 2 saturated heterocycles. The molecule has 2 amide bonds. The third-order valence-corrected chi connectivity index (χ3v) is 6.02. The van der Waals surface area contributed by atoms with Gasteiger partial charge in [-0.1, -0.05) is 18.7 Å². The van der Waals surface area contributed by atoms with Crippen LogP contribution in [-0.2, 0) is 19.1 Å². The average Bonchev–Trinajstić information content (AvgIpc) is 3.17. The van der Waals surface area contributed by atoms with E-state index in [0.29, 0.717) is 24.7 Å². The van der Waals surface area contributed by atoms with Crippen molar-refractivity contribution >= 4 is 34.7 Å². The van der Waals surface area contributed by atoms with Gasteiger partial charge in [-0.15, -0.1) is 0 Å². The number of rotatable bonds is 3. The van der Waals surface area contributed by atoms with Gasteiger partial charge in [-0.25, -0.2) is 4.79 Å². The standard InChI is InChI=1S/C15H21N3O4S/c1-5-15(13(21)22-3)10-9(11(19)17(6-2)12(10)20)8-7-16-14(23-4)18(8)15/h8-10H,5-7H2,1-4H3/t8-,9+,10-,15-/m1/s1. The van der Waals surface area contributed by atoms with Crippen LogP contribution in [0.15, 0.2) is 4.99 Å². The highest BCUT2D eigenvalue weighted by Crippen LogP contribution is 2.53. The van der Waals surface area contributed by atoms with Crippen molar-refractivity contribution in [3.63, 3.8) is 0 Å². The SMILES string of the molecule is CCN1C(=O)[C@H]2[C@H]3CN=C(SC)N3[C@@](CC)(C(=O)OC)[C@H]2C1=O. The van der Waals surface area contributed by atoms with Crippen molar-refractivity contribution < 1.29 is 19.1 Å². The van der Waals surface area contributed by atoms with Gasteiger partial charge in [0.15, 0.2) is 10.7 Å². The first-order chi connectivity index (χ1) is 11.0. The van der Waals surface area contributed by atoms with Crippen molar-refractivity contribution in [1.29, 1.82) is 0 Å². The van der Waals surface area contributed by atoms with Crippen molar-refractivity contribution in [1.82, 2.24) is 9.80 Å². The number of hydrogen-bond donors (Lipinski definition) is 0. The number of thioether (sulfide) groups is 1. The number of likely N-dealkylation sites (tertiary alicyclic amines) is 1. The Labute approximate surface area is 139 Å². The first kappa shape index (κ1) is 16.3. The lowest BCUT2D eigenvalue weighted by Crippen LogP contribution is -2.59. The third-order valence-electron chi connectivity index (χ3n) is 5.33. The van der Waals surface area contributed by atoms with Crippen molar-refractivity contribution in [2.75, 3.05) is 26.5 Å². The van der Waals surface area contributed by atoms with Crippen molar-refractivity contribution in [3.05, 3.63) is 0 Å². The molecule has 3 aliphatic rings. The van der Waals surface area contributed by atoms with E-state index < -0.39 is 23.3 Å². The number of carbonyl (C=O) groups excluding carboxylic acids is 3. The predicted octanol–water partition coefficient (Wildman–Crippen LogP) is 0.346. The fourth-order valence-electron chi connectivity index (χ4n) is 4.41. The fourth-order valence-corrected chi connectivity index (χ4v) is 5.11. The van der Waals surface area contributed by atoms with E-state index >= 15 is 0 Å². The Balaban J connectivity index is 2.18. The van der Waals surface area contributed by atoms with Crippen molar-refractivity contribution in [2.45, 2.75) is 31.8 Å². The highest BCUT2D eigenvalue weighted by molar-refractivity contribution is 8.13. The molecule has 4 atom stereocenters. The van der Waals surface area contributed by atoms with Crippen LogP contribution in [0.4, 0.5) is 0 Å². The summed E-state index contributed by atoms with van der Waals surface area (Å²) in [4.78, 5) is 46.0. The van der Waals surface area contributed by atoms with E-state index in [2.05, 4.69) is 4.99 Å². The van der Waals surface area contributed by atoms with Crippen LogP contribution in [0.2, 0.25) is 0 Å². The molecule has 0 radical (unpaired) electrons. The second-order valence-corrected chi connectivity index (χ2v) is 6.73. The number of fused-ring (bicyclic) bond motifs is 3. The zero-order chi connectivity index (χ0) is 16.9. The number of ether oxygens (including phenoxy) is 1. The van der Waals surface area contributed by atoms with Crippen molar-refractivity contribution in [2.24, 2.45) is 16.8 Å². The topological polar surface area (TPSA) is 79.3 Å². The number of methoxy groups -OCH3 is 1. The highest BCUT2D eigenvalue weighted by Gasteiger charge is 2.72. The molecular formula is C15H21N3O4S. The molecule has 0 aromatic carbocycles. The largest absolute Gasteiger partial charge is 0.467 e. The number of aliphatic imine (C=N–C) groups is 1. The molecule has 126 valence electrons. The maximum absolute atomic E-state index is 12.9. The smallest absolute Gasteiger partial charge is 0.332 e. The van der Waals surface area contributed by atoms with Crippen LogP contribution in [0.5, 0.6) is 0 Å². The monoisotopic (exact) mass is 339 g/mol. The van der Waals surface area contributed by atoms with Crippen LogP contribution in [0, 0.1) is 11.8 Å². The van der Waals surface area contributed by atoms with Gasteiger partial charge in [0.1, 0.15) is 0 Å². The molecule has 3 aliphatic heterocycles. The van der Waals surface area contributed by atoms with E-state index in [-0.39, 0.29) is 17.9 Å². The summed E-state index contributed by atoms with van der Waals surface area (Å²) in [6.45, 7) is 4.40. The maximum Gasteiger partial charge on any atom is 0.332 e. The molecule has 0 aromatic heterocycles. The Morgan fingerprint density at radius 1 is 1.39 bits per heavy atom. The molecule has 0 bridgehead atoms. The first-order valence-corrected chi connectivity index (χ1v) is 9.03. The zero-order valence-electron chi connectivity index (χ0n) is 13.7. The van der Waals surface area contributed by atoms with Gasteiger partial charge >= 0.3 is 5.97 Å². The lowest BCUT2D eigenvalue weighted by atomic mass is 9.78. The van der Waals surface area contributed by atoms with Crippen LogP contribution in [0.1, 0.15) is 20.3 Å². The lowest BCUT2D eigenvalue weighted by molar-refractivity contribution is -0.158. The van der Waals surface area contributed by atoms with Gasteiger partial charge in [0.05, 0.1) is 31.5 Å². The van der Waals surface area contributed by atoms with E-state index in [0.717, 1.165) is 0 Å². The molecule has 0 N–H and O–H groups in total. The number of esters is 1. The van der Waals surface area contributed by atoms with Gasteiger partial charge in [-0.05, 0) is 19.6 Å². The molecule has 2 fully saturated rings. The minimum absolute atomic E-state index is 0.186.